The van der Waals surface area contributed by atoms with E-state index in [9.17, 15) is 4.79 Å². The molecule has 0 aliphatic carbocycles. The van der Waals surface area contributed by atoms with Gasteiger partial charge in [-0.3, -0.25) is 10.1 Å². The summed E-state index contributed by atoms with van der Waals surface area (Å²) in [5, 5.41) is 5.90. The Morgan fingerprint density at radius 1 is 1.19 bits per heavy atom. The van der Waals surface area contributed by atoms with Gasteiger partial charge in [0.2, 0.25) is 0 Å². The molecule has 1 amide bonds. The maximum Gasteiger partial charge on any atom is 0.257 e. The Bertz CT molecular complexity index is 783. The molecule has 0 atom stereocenters. The minimum atomic E-state index is -0.305. The summed E-state index contributed by atoms with van der Waals surface area (Å²) in [5.41, 5.74) is 2.37. The maximum atomic E-state index is 12.4. The highest BCUT2D eigenvalue weighted by molar-refractivity contribution is 9.10. The summed E-state index contributed by atoms with van der Waals surface area (Å²) in [6, 6.07) is 12.8. The Morgan fingerprint density at radius 3 is 2.73 bits per heavy atom. The van der Waals surface area contributed by atoms with E-state index >= 15 is 0 Å². The monoisotopic (exact) mass is 436 g/mol. The third kappa shape index (κ3) is 6.40. The number of ether oxygens (including phenoxy) is 2. The van der Waals surface area contributed by atoms with Crippen LogP contribution in [-0.4, -0.2) is 30.8 Å². The fourth-order valence-electron chi connectivity index (χ4n) is 2.14. The minimum absolute atomic E-state index is 0.224. The molecule has 5 nitrogen and oxygen atoms in total. The number of halogens is 1. The molecule has 0 radical (unpaired) electrons. The second-order valence-corrected chi connectivity index (χ2v) is 6.73. The molecule has 0 saturated heterocycles. The standard InChI is InChI=1S/C19H21BrN2O3S/c1-3-24-9-10-25-15-6-4-5-14(12-15)18(23)22-19(26)21-17-8-7-13(2)11-16(17)20/h4-8,11-12H,3,9-10H2,1-2H3,(H2,21,22,23,26). The van der Waals surface area contributed by atoms with Crippen LogP contribution in [0.25, 0.3) is 0 Å². The van der Waals surface area contributed by atoms with Gasteiger partial charge in [-0.15, -0.1) is 0 Å². The molecule has 0 bridgehead atoms. The first kappa shape index (κ1) is 20.4. The van der Waals surface area contributed by atoms with Gasteiger partial charge in [0.25, 0.3) is 5.91 Å². The lowest BCUT2D eigenvalue weighted by molar-refractivity contribution is 0.0976. The fourth-order valence-corrected chi connectivity index (χ4v) is 2.94. The summed E-state index contributed by atoms with van der Waals surface area (Å²) >= 11 is 8.69. The molecule has 0 spiro atoms. The average molecular weight is 437 g/mol. The van der Waals surface area contributed by atoms with Crippen LogP contribution in [0.15, 0.2) is 46.9 Å². The largest absolute Gasteiger partial charge is 0.491 e. The number of anilines is 1. The summed E-state index contributed by atoms with van der Waals surface area (Å²) in [5.74, 6) is 0.304. The van der Waals surface area contributed by atoms with Gasteiger partial charge in [0, 0.05) is 16.6 Å². The van der Waals surface area contributed by atoms with Crippen LogP contribution in [0.3, 0.4) is 0 Å². The van der Waals surface area contributed by atoms with Crippen LogP contribution in [0.2, 0.25) is 0 Å². The first-order chi connectivity index (χ1) is 12.5. The van der Waals surface area contributed by atoms with Gasteiger partial charge >= 0.3 is 0 Å². The highest BCUT2D eigenvalue weighted by Gasteiger charge is 2.10. The predicted molar refractivity (Wildman–Crippen MR) is 111 cm³/mol. The summed E-state index contributed by atoms with van der Waals surface area (Å²) in [4.78, 5) is 12.4. The van der Waals surface area contributed by atoms with E-state index in [-0.39, 0.29) is 11.0 Å². The highest BCUT2D eigenvalue weighted by Crippen LogP contribution is 2.23. The molecule has 0 fully saturated rings. The summed E-state index contributed by atoms with van der Waals surface area (Å²) in [6.45, 7) is 5.51. The lowest BCUT2D eigenvalue weighted by Gasteiger charge is -2.12. The molecule has 2 aromatic rings. The number of hydrogen-bond acceptors (Lipinski definition) is 4. The van der Waals surface area contributed by atoms with Crippen LogP contribution >= 0.6 is 28.1 Å². The van der Waals surface area contributed by atoms with Crippen LogP contribution in [0.1, 0.15) is 22.8 Å². The van der Waals surface area contributed by atoms with Crippen molar-refractivity contribution in [3.05, 3.63) is 58.1 Å². The van der Waals surface area contributed by atoms with E-state index in [1.807, 2.05) is 32.0 Å². The molecule has 2 aromatic carbocycles. The smallest absolute Gasteiger partial charge is 0.257 e. The van der Waals surface area contributed by atoms with Crippen molar-refractivity contribution < 1.29 is 14.3 Å². The lowest BCUT2D eigenvalue weighted by Crippen LogP contribution is -2.34. The first-order valence-corrected chi connectivity index (χ1v) is 9.39. The first-order valence-electron chi connectivity index (χ1n) is 8.18. The number of carbonyl (C=O) groups excluding carboxylic acids is 1. The number of benzene rings is 2. The molecule has 2 rings (SSSR count). The predicted octanol–water partition coefficient (Wildman–Crippen LogP) is 4.30. The van der Waals surface area contributed by atoms with Gasteiger partial charge in [0.15, 0.2) is 5.11 Å². The van der Waals surface area contributed by atoms with E-state index in [0.717, 1.165) is 15.7 Å². The van der Waals surface area contributed by atoms with Crippen molar-refractivity contribution in [1.29, 1.82) is 0 Å². The molecule has 0 aromatic heterocycles. The topological polar surface area (TPSA) is 59.6 Å². The van der Waals surface area contributed by atoms with E-state index in [4.69, 9.17) is 21.7 Å². The van der Waals surface area contributed by atoms with Crippen molar-refractivity contribution in [2.45, 2.75) is 13.8 Å². The van der Waals surface area contributed by atoms with E-state index < -0.39 is 0 Å². The average Bonchev–Trinajstić information content (AvgIpc) is 2.61. The van der Waals surface area contributed by atoms with Crippen molar-refractivity contribution in [3.63, 3.8) is 0 Å². The van der Waals surface area contributed by atoms with Crippen molar-refractivity contribution in [1.82, 2.24) is 5.32 Å². The summed E-state index contributed by atoms with van der Waals surface area (Å²) < 4.78 is 11.7. The van der Waals surface area contributed by atoms with Crippen LogP contribution in [0.4, 0.5) is 5.69 Å². The molecule has 0 aliphatic rings. The van der Waals surface area contributed by atoms with Gasteiger partial charge < -0.3 is 14.8 Å². The SMILES string of the molecule is CCOCCOc1cccc(C(=O)NC(=S)Nc2ccc(C)cc2Br)c1. The van der Waals surface area contributed by atoms with E-state index in [2.05, 4.69) is 26.6 Å². The summed E-state index contributed by atoms with van der Waals surface area (Å²) in [7, 11) is 0. The van der Waals surface area contributed by atoms with Gasteiger partial charge in [-0.1, -0.05) is 12.1 Å². The van der Waals surface area contributed by atoms with Gasteiger partial charge in [-0.05, 0) is 77.9 Å². The van der Waals surface area contributed by atoms with Crippen LogP contribution in [0.5, 0.6) is 5.75 Å². The lowest BCUT2D eigenvalue weighted by atomic mass is 10.2. The Kier molecular flexibility index (Phi) is 8.03. The van der Waals surface area contributed by atoms with Crippen molar-refractivity contribution in [3.8, 4) is 5.75 Å². The van der Waals surface area contributed by atoms with Gasteiger partial charge in [-0.2, -0.15) is 0 Å². The number of nitrogens with one attached hydrogen (secondary N) is 2. The molecule has 0 heterocycles. The molecule has 0 aliphatic heterocycles. The second kappa shape index (κ2) is 10.3. The number of amides is 1. The molecule has 26 heavy (non-hydrogen) atoms. The molecule has 2 N–H and O–H groups in total. The molecular formula is C19H21BrN2O3S. The zero-order chi connectivity index (χ0) is 18.9. The van der Waals surface area contributed by atoms with Crippen molar-refractivity contribution in [2.75, 3.05) is 25.1 Å². The van der Waals surface area contributed by atoms with Gasteiger partial charge in [-0.25, -0.2) is 0 Å². The summed E-state index contributed by atoms with van der Waals surface area (Å²) in [6.07, 6.45) is 0. The molecular weight excluding hydrogens is 416 g/mol. The number of thiocarbonyl (C=S) groups is 1. The van der Waals surface area contributed by atoms with Crippen molar-refractivity contribution >= 4 is 44.9 Å². The van der Waals surface area contributed by atoms with Gasteiger partial charge in [0.05, 0.1) is 12.3 Å². The molecule has 0 unspecified atom stereocenters. The van der Waals surface area contributed by atoms with Crippen LogP contribution in [0, 0.1) is 6.92 Å². The van der Waals surface area contributed by atoms with Gasteiger partial charge in [0.1, 0.15) is 12.4 Å². The minimum Gasteiger partial charge on any atom is -0.491 e. The number of aryl methyl sites for hydroxylation is 1. The Morgan fingerprint density at radius 2 is 2.00 bits per heavy atom. The van der Waals surface area contributed by atoms with E-state index in [0.29, 0.717) is 31.1 Å². The maximum absolute atomic E-state index is 12.4. The third-order valence-electron chi connectivity index (χ3n) is 3.40. The zero-order valence-corrected chi connectivity index (χ0v) is 17.1. The van der Waals surface area contributed by atoms with E-state index in [1.54, 1.807) is 24.3 Å². The quantitative estimate of drug-likeness (QED) is 0.500. The normalized spacial score (nSPS) is 10.3. The zero-order valence-electron chi connectivity index (χ0n) is 14.7. The molecule has 0 saturated carbocycles. The Balaban J connectivity index is 1.93. The number of rotatable bonds is 7. The highest BCUT2D eigenvalue weighted by atomic mass is 79.9. The van der Waals surface area contributed by atoms with E-state index in [1.165, 1.54) is 0 Å². The van der Waals surface area contributed by atoms with Crippen LogP contribution in [-0.2, 0) is 4.74 Å². The number of hydrogen-bond donors (Lipinski definition) is 2. The third-order valence-corrected chi connectivity index (χ3v) is 4.26. The fraction of sp³-hybridized carbons (Fsp3) is 0.263. The molecule has 138 valence electrons. The van der Waals surface area contributed by atoms with Crippen LogP contribution < -0.4 is 15.4 Å². The second-order valence-electron chi connectivity index (χ2n) is 5.46. The van der Waals surface area contributed by atoms with Crippen molar-refractivity contribution in [2.24, 2.45) is 0 Å². The molecule has 7 heteroatoms. The Hall–Kier alpha value is -1.96. The number of carbonyl (C=O) groups is 1. The Labute approximate surface area is 167 Å².